The Morgan fingerprint density at radius 1 is 1.03 bits per heavy atom. The van der Waals surface area contributed by atoms with E-state index in [-0.39, 0.29) is 28.2 Å². The van der Waals surface area contributed by atoms with Gasteiger partial charge < -0.3 is 9.41 Å². The van der Waals surface area contributed by atoms with Crippen molar-refractivity contribution in [1.82, 2.24) is 19.5 Å². The van der Waals surface area contributed by atoms with Gasteiger partial charge in [-0.2, -0.15) is 4.98 Å². The maximum absolute atomic E-state index is 12.6. The third-order valence-corrected chi connectivity index (χ3v) is 11.9. The lowest BCUT2D eigenvalue weighted by molar-refractivity contribution is 0.0617. The lowest BCUT2D eigenvalue weighted by Crippen LogP contribution is -2.68. The lowest BCUT2D eigenvalue weighted by Gasteiger charge is -2.48. The molecule has 6 nitrogen and oxygen atoms in total. The van der Waals surface area contributed by atoms with Crippen LogP contribution in [0.3, 0.4) is 0 Å². The van der Waals surface area contributed by atoms with Crippen LogP contribution in [-0.2, 0) is 4.43 Å². The predicted octanol–water partition coefficient (Wildman–Crippen LogP) is 4.05. The molecule has 1 aliphatic rings. The molecule has 2 heterocycles. The van der Waals surface area contributed by atoms with E-state index in [9.17, 15) is 4.79 Å². The Morgan fingerprint density at radius 2 is 1.61 bits per heavy atom. The van der Waals surface area contributed by atoms with Crippen LogP contribution in [0.25, 0.3) is 11.2 Å². The first kappa shape index (κ1) is 22.1. The molecule has 2 aromatic heterocycles. The molecule has 0 bridgehead atoms. The van der Waals surface area contributed by atoms with Gasteiger partial charge in [0.2, 0.25) is 5.28 Å². The van der Waals surface area contributed by atoms with Gasteiger partial charge in [0.05, 0.1) is 6.20 Å². The first-order chi connectivity index (χ1) is 15.8. The molecular weight excluding hydrogens is 452 g/mol. The van der Waals surface area contributed by atoms with Crippen LogP contribution in [0.4, 0.5) is 0 Å². The van der Waals surface area contributed by atoms with Gasteiger partial charge in [-0.05, 0) is 39.9 Å². The minimum atomic E-state index is -2.61. The molecule has 0 atom stereocenters. The van der Waals surface area contributed by atoms with Gasteiger partial charge in [0.25, 0.3) is 8.32 Å². The van der Waals surface area contributed by atoms with Gasteiger partial charge in [0.1, 0.15) is 5.52 Å². The average molecular weight is 479 g/mol. The van der Waals surface area contributed by atoms with Gasteiger partial charge in [-0.3, -0.25) is 4.57 Å². The fourth-order valence-corrected chi connectivity index (χ4v) is 9.86. The number of hydrogen-bond acceptors (Lipinski definition) is 4. The van der Waals surface area contributed by atoms with Crippen LogP contribution in [0.1, 0.15) is 39.7 Å². The van der Waals surface area contributed by atoms with Crippen LogP contribution in [0.15, 0.2) is 71.7 Å². The Hall–Kier alpha value is -2.74. The second-order valence-corrected chi connectivity index (χ2v) is 14.3. The molecule has 0 amide bonds. The third kappa shape index (κ3) is 3.74. The smallest absolute Gasteiger partial charge is 0.327 e. The highest BCUT2D eigenvalue weighted by molar-refractivity contribution is 6.99. The predicted molar refractivity (Wildman–Crippen MR) is 134 cm³/mol. The van der Waals surface area contributed by atoms with E-state index in [1.54, 1.807) is 10.8 Å². The Kier molecular flexibility index (Phi) is 5.51. The average Bonchev–Trinajstić information content (AvgIpc) is 3.08. The summed E-state index contributed by atoms with van der Waals surface area (Å²) in [5, 5.41) is 2.57. The summed E-state index contributed by atoms with van der Waals surface area (Å²) in [5.41, 5.74) is 0.963. The van der Waals surface area contributed by atoms with Crippen LogP contribution >= 0.6 is 11.6 Å². The van der Waals surface area contributed by atoms with Gasteiger partial charge in [0, 0.05) is 12.1 Å². The van der Waals surface area contributed by atoms with Gasteiger partial charge in [-0.1, -0.05) is 81.4 Å². The minimum Gasteiger partial charge on any atom is -0.404 e. The number of hydrogen-bond donors (Lipinski definition) is 1. The number of nitrogens with one attached hydrogen (secondary N) is 1. The number of imidazole rings is 1. The van der Waals surface area contributed by atoms with Gasteiger partial charge in [0.15, 0.2) is 5.65 Å². The highest BCUT2D eigenvalue weighted by atomic mass is 35.5. The van der Waals surface area contributed by atoms with E-state index in [4.69, 9.17) is 16.0 Å². The molecule has 1 fully saturated rings. The van der Waals surface area contributed by atoms with Crippen molar-refractivity contribution in [3.05, 3.63) is 82.6 Å². The molecule has 170 valence electrons. The zero-order chi connectivity index (χ0) is 23.2. The molecule has 4 aromatic rings. The summed E-state index contributed by atoms with van der Waals surface area (Å²) < 4.78 is 8.87. The van der Waals surface area contributed by atoms with Crippen molar-refractivity contribution < 1.29 is 4.43 Å². The van der Waals surface area contributed by atoms with Crippen molar-refractivity contribution in [2.75, 3.05) is 0 Å². The van der Waals surface area contributed by atoms with E-state index in [0.717, 1.165) is 12.8 Å². The van der Waals surface area contributed by atoms with E-state index >= 15 is 0 Å². The summed E-state index contributed by atoms with van der Waals surface area (Å²) in [6.45, 7) is 6.83. The summed E-state index contributed by atoms with van der Waals surface area (Å²) in [7, 11) is -2.61. The Bertz CT molecular complexity index is 1290. The van der Waals surface area contributed by atoms with Gasteiger partial charge >= 0.3 is 5.69 Å². The summed E-state index contributed by atoms with van der Waals surface area (Å²) in [4.78, 5) is 23.7. The second-order valence-electron chi connectivity index (χ2n) is 9.70. The van der Waals surface area contributed by atoms with Crippen LogP contribution in [0, 0.1) is 0 Å². The molecule has 1 aliphatic carbocycles. The monoisotopic (exact) mass is 478 g/mol. The SMILES string of the molecule is CC(C)(C)[Si](O[C@H]1C[C@H](n2c(=O)[nH]c3cnc(Cl)nc32)C1)(c1ccccc1)c1ccccc1. The molecule has 0 saturated heterocycles. The van der Waals surface area contributed by atoms with E-state index in [1.807, 2.05) is 12.1 Å². The highest BCUT2D eigenvalue weighted by Crippen LogP contribution is 2.43. The first-order valence-electron chi connectivity index (χ1n) is 11.2. The molecule has 2 aromatic carbocycles. The third-order valence-electron chi connectivity index (χ3n) is 6.62. The quantitative estimate of drug-likeness (QED) is 0.347. The van der Waals surface area contributed by atoms with Crippen LogP contribution in [0.5, 0.6) is 0 Å². The molecule has 33 heavy (non-hydrogen) atoms. The van der Waals surface area contributed by atoms with Crippen molar-refractivity contribution >= 4 is 41.5 Å². The minimum absolute atomic E-state index is 0.0143. The van der Waals surface area contributed by atoms with E-state index in [0.29, 0.717) is 11.2 Å². The van der Waals surface area contributed by atoms with E-state index < -0.39 is 8.32 Å². The molecule has 0 unspecified atom stereocenters. The van der Waals surface area contributed by atoms with E-state index in [1.165, 1.54) is 10.4 Å². The van der Waals surface area contributed by atoms with Crippen molar-refractivity contribution in [2.45, 2.75) is 50.8 Å². The number of rotatable bonds is 5. The number of nitrogens with zero attached hydrogens (tertiary/aromatic N) is 3. The molecule has 0 aliphatic heterocycles. The lowest BCUT2D eigenvalue weighted by atomic mass is 9.89. The maximum Gasteiger partial charge on any atom is 0.327 e. The molecule has 5 rings (SSSR count). The van der Waals surface area contributed by atoms with Crippen molar-refractivity contribution in [3.8, 4) is 0 Å². The van der Waals surface area contributed by atoms with Crippen LogP contribution in [-0.4, -0.2) is 33.9 Å². The number of halogens is 1. The number of aromatic amines is 1. The molecule has 0 radical (unpaired) electrons. The summed E-state index contributed by atoms with van der Waals surface area (Å²) in [5.74, 6) is 0. The number of aromatic nitrogens is 4. The largest absolute Gasteiger partial charge is 0.404 e. The molecule has 0 spiro atoms. The number of H-pyrrole nitrogens is 1. The second kappa shape index (κ2) is 8.24. The Labute approximate surface area is 198 Å². The number of fused-ring (bicyclic) bond motifs is 1. The molecule has 8 heteroatoms. The number of benzene rings is 2. The fraction of sp³-hybridized carbons (Fsp3) is 0.320. The van der Waals surface area contributed by atoms with Crippen molar-refractivity contribution in [3.63, 3.8) is 0 Å². The highest BCUT2D eigenvalue weighted by Gasteiger charge is 2.53. The fourth-order valence-electron chi connectivity index (χ4n) is 5.02. The zero-order valence-electron chi connectivity index (χ0n) is 19.0. The first-order valence-corrected chi connectivity index (χ1v) is 13.5. The summed E-state index contributed by atoms with van der Waals surface area (Å²) >= 11 is 6.00. The normalized spacial score (nSPS) is 18.9. The van der Waals surface area contributed by atoms with Crippen LogP contribution in [0.2, 0.25) is 10.3 Å². The van der Waals surface area contributed by atoms with Gasteiger partial charge in [-0.25, -0.2) is 9.78 Å². The van der Waals surface area contributed by atoms with Gasteiger partial charge in [-0.15, -0.1) is 0 Å². The van der Waals surface area contributed by atoms with Crippen LogP contribution < -0.4 is 16.1 Å². The Morgan fingerprint density at radius 3 is 2.15 bits per heavy atom. The Balaban J connectivity index is 1.50. The van der Waals surface area contributed by atoms with Crippen molar-refractivity contribution in [2.24, 2.45) is 0 Å². The summed E-state index contributed by atoms with van der Waals surface area (Å²) in [6.07, 6.45) is 3.10. The molecule has 1 N–H and O–H groups in total. The molecular formula is C25H27ClN4O2Si. The standard InChI is InChI=1S/C25H27ClN4O2Si/c1-25(2,3)33(19-10-6-4-7-11-19,20-12-8-5-9-13-20)32-18-14-17(15-18)30-22-21(28-24(30)31)16-27-23(26)29-22/h4-13,16-18H,14-15H2,1-3H3,(H,28,31)/t17-,18-. The van der Waals surface area contributed by atoms with E-state index in [2.05, 4.69) is 84.3 Å². The topological polar surface area (TPSA) is 72.8 Å². The van der Waals surface area contributed by atoms with Crippen molar-refractivity contribution in [1.29, 1.82) is 0 Å². The zero-order valence-corrected chi connectivity index (χ0v) is 20.7. The maximum atomic E-state index is 12.6. The summed E-state index contributed by atoms with van der Waals surface area (Å²) in [6, 6.07) is 21.3. The molecule has 1 saturated carbocycles.